The van der Waals surface area contributed by atoms with Gasteiger partial charge in [-0.3, -0.25) is 0 Å². The summed E-state index contributed by atoms with van der Waals surface area (Å²) >= 11 is 0. The molecule has 0 bridgehead atoms. The van der Waals surface area contributed by atoms with E-state index >= 15 is 0 Å². The Morgan fingerprint density at radius 1 is 0.481 bits per heavy atom. The van der Waals surface area contributed by atoms with Crippen LogP contribution in [-0.4, -0.2) is 0 Å². The summed E-state index contributed by atoms with van der Waals surface area (Å²) < 4.78 is 0. The van der Waals surface area contributed by atoms with Gasteiger partial charge in [-0.05, 0) is 50.7 Å². The summed E-state index contributed by atoms with van der Waals surface area (Å²) in [7, 11) is -0.452. The molecule has 1 heteroatoms. The third-order valence-electron chi connectivity index (χ3n) is 4.96. The van der Waals surface area contributed by atoms with Gasteiger partial charge in [0.15, 0.2) is 0 Å². The summed E-state index contributed by atoms with van der Waals surface area (Å²) in [6, 6.07) is 41.6. The Bertz CT molecular complexity index is 921. The fourth-order valence-electron chi connectivity index (χ4n) is 3.51. The summed E-state index contributed by atoms with van der Waals surface area (Å²) in [5, 5.41) is 0.453. The predicted molar refractivity (Wildman–Crippen MR) is 119 cm³/mol. The molecule has 0 aliphatic heterocycles. The van der Waals surface area contributed by atoms with Gasteiger partial charge in [-0.15, -0.1) is 0 Å². The van der Waals surface area contributed by atoms with Crippen LogP contribution in [0.4, 0.5) is 0 Å². The lowest BCUT2D eigenvalue weighted by atomic mass is 10.0. The lowest BCUT2D eigenvalue weighted by Crippen LogP contribution is -1.98. The summed E-state index contributed by atoms with van der Waals surface area (Å²) in [5.74, 6) is 0. The van der Waals surface area contributed by atoms with Gasteiger partial charge < -0.3 is 0 Å². The van der Waals surface area contributed by atoms with Crippen molar-refractivity contribution in [3.05, 3.63) is 121 Å². The Morgan fingerprint density at radius 3 is 1.37 bits per heavy atom. The van der Waals surface area contributed by atoms with Crippen molar-refractivity contribution in [2.24, 2.45) is 0 Å². The van der Waals surface area contributed by atoms with Gasteiger partial charge in [0, 0.05) is 5.25 Å². The highest BCUT2D eigenvalue weighted by Gasteiger charge is 2.19. The minimum absolute atomic E-state index is 0.452. The number of hydrogen-bond acceptors (Lipinski definition) is 0. The van der Waals surface area contributed by atoms with Crippen molar-refractivity contribution in [1.29, 1.82) is 0 Å². The average Bonchev–Trinajstić information content (AvgIpc) is 2.76. The molecule has 1 unspecified atom stereocenters. The molecule has 0 aliphatic carbocycles. The van der Waals surface area contributed by atoms with Crippen molar-refractivity contribution in [1.82, 2.24) is 0 Å². The lowest BCUT2D eigenvalue weighted by Gasteiger charge is -2.30. The first-order valence-electron chi connectivity index (χ1n) is 9.37. The maximum Gasteiger partial charge on any atom is 0.0163 e. The second kappa shape index (κ2) is 8.28. The molecule has 0 radical (unpaired) electrons. The summed E-state index contributed by atoms with van der Waals surface area (Å²) in [6.07, 6.45) is 0. The molecule has 0 heterocycles. The van der Waals surface area contributed by atoms with Gasteiger partial charge >= 0.3 is 0 Å². The van der Waals surface area contributed by atoms with Crippen LogP contribution in [0, 0.1) is 0 Å². The Morgan fingerprint density at radius 2 is 0.889 bits per heavy atom. The summed E-state index contributed by atoms with van der Waals surface area (Å²) in [6.45, 7) is 2.36. The number of thiol groups is 1. The fourth-order valence-corrected chi connectivity index (χ4v) is 6.16. The minimum Gasteiger partial charge on any atom is -0.193 e. The smallest absolute Gasteiger partial charge is 0.0163 e. The largest absolute Gasteiger partial charge is 0.193 e. The number of benzene rings is 4. The SMILES string of the molecule is CC(c1ccc(-c2ccccc2)cc1)[SH](c1ccccc1)c1ccccc1. The highest BCUT2D eigenvalue weighted by atomic mass is 32.2. The first kappa shape index (κ1) is 17.6. The topological polar surface area (TPSA) is 0 Å². The Labute approximate surface area is 164 Å². The first-order chi connectivity index (χ1) is 13.3. The quantitative estimate of drug-likeness (QED) is 0.346. The van der Waals surface area contributed by atoms with Crippen molar-refractivity contribution in [2.45, 2.75) is 22.0 Å². The standard InChI is InChI=1S/C26H24S/c1-21(22-17-19-24(20-18-22)23-11-5-2-6-12-23)27(25-13-7-3-8-14-25)26-15-9-4-10-16-26/h2-21,27H,1H3. The van der Waals surface area contributed by atoms with E-state index in [4.69, 9.17) is 0 Å². The second-order valence-electron chi connectivity index (χ2n) is 6.71. The van der Waals surface area contributed by atoms with E-state index in [1.165, 1.54) is 26.5 Å². The third kappa shape index (κ3) is 3.99. The Balaban J connectivity index is 1.69. The molecular formula is C26H24S. The van der Waals surface area contributed by atoms with E-state index in [0.717, 1.165) is 0 Å². The molecule has 0 aliphatic rings. The summed E-state index contributed by atoms with van der Waals surface area (Å²) in [4.78, 5) is 2.86. The van der Waals surface area contributed by atoms with Crippen molar-refractivity contribution in [3.63, 3.8) is 0 Å². The van der Waals surface area contributed by atoms with Crippen molar-refractivity contribution in [2.75, 3.05) is 0 Å². The first-order valence-corrected chi connectivity index (χ1v) is 10.8. The van der Waals surface area contributed by atoms with Crippen LogP contribution in [0.2, 0.25) is 0 Å². The van der Waals surface area contributed by atoms with Crippen LogP contribution in [0.5, 0.6) is 0 Å². The molecule has 0 N–H and O–H groups in total. The molecule has 0 aromatic heterocycles. The van der Waals surface area contributed by atoms with Crippen LogP contribution in [0.1, 0.15) is 17.7 Å². The predicted octanol–water partition coefficient (Wildman–Crippen LogP) is 7.53. The molecule has 1 atom stereocenters. The molecular weight excluding hydrogens is 344 g/mol. The van der Waals surface area contributed by atoms with E-state index in [1.54, 1.807) is 0 Å². The highest BCUT2D eigenvalue weighted by molar-refractivity contribution is 8.17. The van der Waals surface area contributed by atoms with E-state index in [-0.39, 0.29) is 0 Å². The average molecular weight is 369 g/mol. The molecule has 4 rings (SSSR count). The van der Waals surface area contributed by atoms with Crippen LogP contribution >= 0.6 is 10.9 Å². The van der Waals surface area contributed by atoms with E-state index in [1.807, 2.05) is 0 Å². The monoisotopic (exact) mass is 368 g/mol. The van der Waals surface area contributed by atoms with Gasteiger partial charge in [-0.25, -0.2) is 0 Å². The molecule has 27 heavy (non-hydrogen) atoms. The molecule has 0 saturated heterocycles. The lowest BCUT2D eigenvalue weighted by molar-refractivity contribution is 1.07. The molecule has 0 spiro atoms. The van der Waals surface area contributed by atoms with E-state index in [2.05, 4.69) is 122 Å². The van der Waals surface area contributed by atoms with E-state index < -0.39 is 10.9 Å². The van der Waals surface area contributed by atoms with Gasteiger partial charge in [0.05, 0.1) is 0 Å². The van der Waals surface area contributed by atoms with Gasteiger partial charge in [-0.2, -0.15) is 10.9 Å². The van der Waals surface area contributed by atoms with Crippen LogP contribution in [0.15, 0.2) is 125 Å². The van der Waals surface area contributed by atoms with Crippen molar-refractivity contribution in [3.8, 4) is 11.1 Å². The molecule has 0 saturated carbocycles. The van der Waals surface area contributed by atoms with Crippen LogP contribution < -0.4 is 0 Å². The molecule has 4 aromatic rings. The molecule has 0 fully saturated rings. The fraction of sp³-hybridized carbons (Fsp3) is 0.0769. The van der Waals surface area contributed by atoms with Crippen molar-refractivity contribution >= 4 is 10.9 Å². The maximum absolute atomic E-state index is 2.36. The highest BCUT2D eigenvalue weighted by Crippen LogP contribution is 2.55. The van der Waals surface area contributed by atoms with Crippen LogP contribution in [0.3, 0.4) is 0 Å². The van der Waals surface area contributed by atoms with Gasteiger partial charge in [0.2, 0.25) is 0 Å². The summed E-state index contributed by atoms with van der Waals surface area (Å²) in [5.41, 5.74) is 3.94. The zero-order valence-electron chi connectivity index (χ0n) is 15.5. The Kier molecular flexibility index (Phi) is 5.41. The van der Waals surface area contributed by atoms with Crippen LogP contribution in [0.25, 0.3) is 11.1 Å². The second-order valence-corrected chi connectivity index (χ2v) is 9.25. The van der Waals surface area contributed by atoms with Gasteiger partial charge in [0.1, 0.15) is 0 Å². The molecule has 134 valence electrons. The van der Waals surface area contributed by atoms with E-state index in [9.17, 15) is 0 Å². The van der Waals surface area contributed by atoms with Gasteiger partial charge in [-0.1, -0.05) is 97.9 Å². The minimum atomic E-state index is -0.452. The zero-order chi connectivity index (χ0) is 18.5. The number of hydrogen-bond donors (Lipinski definition) is 1. The van der Waals surface area contributed by atoms with Crippen LogP contribution in [-0.2, 0) is 0 Å². The van der Waals surface area contributed by atoms with Gasteiger partial charge in [0.25, 0.3) is 0 Å². The third-order valence-corrected chi connectivity index (χ3v) is 7.74. The Hall–Kier alpha value is -2.77. The normalized spacial score (nSPS) is 12.4. The molecule has 0 nitrogen and oxygen atoms in total. The maximum atomic E-state index is 2.36. The molecule has 4 aromatic carbocycles. The van der Waals surface area contributed by atoms with E-state index in [0.29, 0.717) is 5.25 Å². The number of rotatable bonds is 5. The molecule has 0 amide bonds. The zero-order valence-corrected chi connectivity index (χ0v) is 16.4. The van der Waals surface area contributed by atoms with Crippen molar-refractivity contribution < 1.29 is 0 Å².